The molecule has 0 unspecified atom stereocenters. The first-order chi connectivity index (χ1) is 9.20. The van der Waals surface area contributed by atoms with Gasteiger partial charge in [0.15, 0.2) is 0 Å². The highest BCUT2D eigenvalue weighted by Crippen LogP contribution is 2.10. The molecule has 19 heavy (non-hydrogen) atoms. The van der Waals surface area contributed by atoms with Crippen LogP contribution in [-0.2, 0) is 16.1 Å². The molecule has 0 saturated carbocycles. The molecule has 7 nitrogen and oxygen atoms in total. The van der Waals surface area contributed by atoms with Crippen LogP contribution in [0, 0.1) is 0 Å². The van der Waals surface area contributed by atoms with E-state index in [1.807, 2.05) is 4.90 Å². The monoisotopic (exact) mass is 266 g/mol. The van der Waals surface area contributed by atoms with Crippen molar-refractivity contribution >= 4 is 11.9 Å². The first kappa shape index (κ1) is 13.5. The molecule has 2 rings (SSSR count). The minimum atomic E-state index is -0.596. The van der Waals surface area contributed by atoms with E-state index in [9.17, 15) is 9.59 Å². The molecule has 1 fully saturated rings. The Balaban J connectivity index is 1.94. The smallest absolute Gasteiger partial charge is 0.377 e. The Bertz CT molecular complexity index is 450. The van der Waals surface area contributed by atoms with Gasteiger partial charge in [0.05, 0.1) is 7.11 Å². The summed E-state index contributed by atoms with van der Waals surface area (Å²) in [5.74, 6) is -0.602. The number of methoxy groups -OCH3 is 1. The molecular formula is C12H18N4O3. The Morgan fingerprint density at radius 3 is 2.58 bits per heavy atom. The average Bonchev–Trinajstić information content (AvgIpc) is 2.71. The van der Waals surface area contributed by atoms with Crippen LogP contribution >= 0.6 is 0 Å². The van der Waals surface area contributed by atoms with Crippen molar-refractivity contribution in [2.45, 2.75) is 32.2 Å². The molecular weight excluding hydrogens is 248 g/mol. The van der Waals surface area contributed by atoms with Crippen molar-refractivity contribution in [1.82, 2.24) is 19.7 Å². The molecule has 0 bridgehead atoms. The zero-order valence-electron chi connectivity index (χ0n) is 11.0. The quantitative estimate of drug-likeness (QED) is 0.743. The predicted molar refractivity (Wildman–Crippen MR) is 66.4 cm³/mol. The number of likely N-dealkylation sites (tertiary alicyclic amines) is 1. The third-order valence-corrected chi connectivity index (χ3v) is 3.16. The topological polar surface area (TPSA) is 77.3 Å². The van der Waals surface area contributed by atoms with Gasteiger partial charge in [-0.3, -0.25) is 4.79 Å². The SMILES string of the molecule is COC(=O)c1ncn(CC(=O)N2CCCCCC2)n1. The van der Waals surface area contributed by atoms with Crippen LogP contribution in [0.5, 0.6) is 0 Å². The summed E-state index contributed by atoms with van der Waals surface area (Å²) < 4.78 is 5.89. The number of carbonyl (C=O) groups excluding carboxylic acids is 2. The molecule has 0 aliphatic carbocycles. The van der Waals surface area contributed by atoms with E-state index in [-0.39, 0.29) is 18.3 Å². The molecule has 1 aliphatic rings. The second-order valence-electron chi connectivity index (χ2n) is 4.55. The molecule has 104 valence electrons. The average molecular weight is 266 g/mol. The van der Waals surface area contributed by atoms with Crippen LogP contribution in [0.25, 0.3) is 0 Å². The summed E-state index contributed by atoms with van der Waals surface area (Å²) in [6.07, 6.45) is 5.84. The molecule has 1 saturated heterocycles. The number of carbonyl (C=O) groups is 2. The summed E-state index contributed by atoms with van der Waals surface area (Å²) in [5, 5.41) is 3.92. The molecule has 1 amide bonds. The number of nitrogens with zero attached hydrogens (tertiary/aromatic N) is 4. The fourth-order valence-electron chi connectivity index (χ4n) is 2.11. The van der Waals surface area contributed by atoms with E-state index in [2.05, 4.69) is 14.8 Å². The summed E-state index contributed by atoms with van der Waals surface area (Å²) in [6.45, 7) is 1.72. The second-order valence-corrected chi connectivity index (χ2v) is 4.55. The summed E-state index contributed by atoms with van der Waals surface area (Å²) in [4.78, 5) is 29.0. The molecule has 1 aliphatic heterocycles. The lowest BCUT2D eigenvalue weighted by atomic mass is 10.2. The van der Waals surface area contributed by atoms with Gasteiger partial charge in [0, 0.05) is 13.1 Å². The van der Waals surface area contributed by atoms with E-state index < -0.39 is 5.97 Å². The molecule has 0 atom stereocenters. The standard InChI is InChI=1S/C12H18N4O3/c1-19-12(18)11-13-9-16(14-11)8-10(17)15-6-4-2-3-5-7-15/h9H,2-8H2,1H3. The third kappa shape index (κ3) is 3.52. The molecule has 2 heterocycles. The molecule has 0 spiro atoms. The maximum absolute atomic E-state index is 12.1. The number of aromatic nitrogens is 3. The van der Waals surface area contributed by atoms with E-state index >= 15 is 0 Å². The molecule has 0 N–H and O–H groups in total. The van der Waals surface area contributed by atoms with Gasteiger partial charge in [-0.2, -0.15) is 0 Å². The van der Waals surface area contributed by atoms with Gasteiger partial charge in [-0.05, 0) is 12.8 Å². The largest absolute Gasteiger partial charge is 0.463 e. The highest BCUT2D eigenvalue weighted by atomic mass is 16.5. The fourth-order valence-corrected chi connectivity index (χ4v) is 2.11. The Labute approximate surface area is 111 Å². The number of ether oxygens (including phenoxy) is 1. The van der Waals surface area contributed by atoms with Crippen LogP contribution in [0.4, 0.5) is 0 Å². The van der Waals surface area contributed by atoms with Crippen molar-refractivity contribution in [3.63, 3.8) is 0 Å². The fraction of sp³-hybridized carbons (Fsp3) is 0.667. The van der Waals surface area contributed by atoms with Crippen molar-refractivity contribution < 1.29 is 14.3 Å². The molecule has 1 aromatic heterocycles. The van der Waals surface area contributed by atoms with Crippen molar-refractivity contribution in [2.24, 2.45) is 0 Å². The normalized spacial score (nSPS) is 15.9. The van der Waals surface area contributed by atoms with Crippen molar-refractivity contribution in [1.29, 1.82) is 0 Å². The number of esters is 1. The van der Waals surface area contributed by atoms with E-state index in [0.717, 1.165) is 25.9 Å². The van der Waals surface area contributed by atoms with E-state index in [4.69, 9.17) is 0 Å². The van der Waals surface area contributed by atoms with Crippen LogP contribution < -0.4 is 0 Å². The number of hydrogen-bond donors (Lipinski definition) is 0. The Morgan fingerprint density at radius 1 is 1.26 bits per heavy atom. The van der Waals surface area contributed by atoms with Gasteiger partial charge < -0.3 is 9.64 Å². The van der Waals surface area contributed by atoms with Gasteiger partial charge in [-0.25, -0.2) is 14.5 Å². The Morgan fingerprint density at radius 2 is 1.95 bits per heavy atom. The van der Waals surface area contributed by atoms with E-state index in [1.54, 1.807) is 0 Å². The number of rotatable bonds is 3. The lowest BCUT2D eigenvalue weighted by Crippen LogP contribution is -2.34. The third-order valence-electron chi connectivity index (χ3n) is 3.16. The summed E-state index contributed by atoms with van der Waals surface area (Å²) in [7, 11) is 1.27. The number of amides is 1. The highest BCUT2D eigenvalue weighted by molar-refractivity contribution is 5.84. The van der Waals surface area contributed by atoms with Gasteiger partial charge >= 0.3 is 5.97 Å². The molecule has 0 aromatic carbocycles. The summed E-state index contributed by atoms with van der Waals surface area (Å²) in [5.41, 5.74) is 0. The van der Waals surface area contributed by atoms with Gasteiger partial charge in [0.2, 0.25) is 5.91 Å². The minimum absolute atomic E-state index is 0.0169. The second kappa shape index (κ2) is 6.31. The Hall–Kier alpha value is -1.92. The zero-order valence-corrected chi connectivity index (χ0v) is 11.0. The van der Waals surface area contributed by atoms with Gasteiger partial charge in [0.1, 0.15) is 12.9 Å². The zero-order chi connectivity index (χ0) is 13.7. The lowest BCUT2D eigenvalue weighted by Gasteiger charge is -2.19. The Kier molecular flexibility index (Phi) is 4.48. The van der Waals surface area contributed by atoms with Gasteiger partial charge in [-0.15, -0.1) is 5.10 Å². The van der Waals surface area contributed by atoms with Crippen molar-refractivity contribution in [2.75, 3.05) is 20.2 Å². The number of hydrogen-bond acceptors (Lipinski definition) is 5. The van der Waals surface area contributed by atoms with E-state index in [0.29, 0.717) is 0 Å². The summed E-state index contributed by atoms with van der Waals surface area (Å²) in [6, 6.07) is 0. The highest BCUT2D eigenvalue weighted by Gasteiger charge is 2.17. The van der Waals surface area contributed by atoms with E-state index in [1.165, 1.54) is 31.0 Å². The first-order valence-corrected chi connectivity index (χ1v) is 6.46. The molecule has 7 heteroatoms. The van der Waals surface area contributed by atoms with Crippen LogP contribution in [0.3, 0.4) is 0 Å². The first-order valence-electron chi connectivity index (χ1n) is 6.46. The van der Waals surface area contributed by atoms with Crippen LogP contribution in [0.15, 0.2) is 6.33 Å². The maximum Gasteiger partial charge on any atom is 0.377 e. The lowest BCUT2D eigenvalue weighted by molar-refractivity contribution is -0.132. The van der Waals surface area contributed by atoms with Crippen molar-refractivity contribution in [3.05, 3.63) is 12.2 Å². The van der Waals surface area contributed by atoms with Crippen LogP contribution in [0.2, 0.25) is 0 Å². The summed E-state index contributed by atoms with van der Waals surface area (Å²) >= 11 is 0. The van der Waals surface area contributed by atoms with Crippen molar-refractivity contribution in [3.8, 4) is 0 Å². The molecule has 1 aromatic rings. The van der Waals surface area contributed by atoms with Crippen LogP contribution in [-0.4, -0.2) is 51.7 Å². The predicted octanol–water partition coefficient (Wildman–Crippen LogP) is 0.467. The van der Waals surface area contributed by atoms with Gasteiger partial charge in [0.25, 0.3) is 5.82 Å². The molecule has 0 radical (unpaired) electrons. The minimum Gasteiger partial charge on any atom is -0.463 e. The van der Waals surface area contributed by atoms with Gasteiger partial charge in [-0.1, -0.05) is 12.8 Å². The van der Waals surface area contributed by atoms with Crippen LogP contribution in [0.1, 0.15) is 36.3 Å². The maximum atomic E-state index is 12.1.